The van der Waals surface area contributed by atoms with Crippen molar-refractivity contribution in [3.05, 3.63) is 70.8 Å². The van der Waals surface area contributed by atoms with E-state index in [4.69, 9.17) is 5.73 Å². The molecule has 0 saturated heterocycles. The Morgan fingerprint density at radius 3 is 2.30 bits per heavy atom. The van der Waals surface area contributed by atoms with Crippen molar-refractivity contribution in [2.45, 2.75) is 58.2 Å². The van der Waals surface area contributed by atoms with Crippen LogP contribution in [0.3, 0.4) is 0 Å². The summed E-state index contributed by atoms with van der Waals surface area (Å²) in [5.74, 6) is -0.157. The molecule has 0 radical (unpaired) electrons. The predicted octanol–water partition coefficient (Wildman–Crippen LogP) is 3.26. The Bertz CT molecular complexity index is 745. The van der Waals surface area contributed by atoms with Crippen LogP contribution in [0.25, 0.3) is 0 Å². The molecule has 2 aromatic carbocycles. The first kappa shape index (κ1) is 21.1. The second-order valence-electron chi connectivity index (χ2n) is 7.17. The van der Waals surface area contributed by atoms with Crippen LogP contribution in [0, 0.1) is 0 Å². The van der Waals surface area contributed by atoms with Gasteiger partial charge in [0.1, 0.15) is 0 Å². The number of amides is 1. The van der Waals surface area contributed by atoms with Crippen LogP contribution in [0.2, 0.25) is 0 Å². The molecule has 0 aromatic heterocycles. The second-order valence-corrected chi connectivity index (χ2v) is 7.17. The van der Waals surface area contributed by atoms with Crippen LogP contribution in [0.5, 0.6) is 0 Å². The van der Waals surface area contributed by atoms with Gasteiger partial charge in [0, 0.05) is 7.05 Å². The number of benzene rings is 2. The molecule has 0 unspecified atom stereocenters. The molecular weight excluding hydrogens is 336 g/mol. The molecule has 0 heterocycles. The van der Waals surface area contributed by atoms with Gasteiger partial charge >= 0.3 is 0 Å². The summed E-state index contributed by atoms with van der Waals surface area (Å²) in [5.41, 5.74) is 10.7. The molecule has 4 heteroatoms. The summed E-state index contributed by atoms with van der Waals surface area (Å²) in [7, 11) is 1.71. The van der Waals surface area contributed by atoms with E-state index in [-0.39, 0.29) is 11.9 Å². The summed E-state index contributed by atoms with van der Waals surface area (Å²) in [6.07, 6.45) is 1.73. The normalized spacial score (nSPS) is 14.4. The van der Waals surface area contributed by atoms with Crippen molar-refractivity contribution in [1.29, 1.82) is 0 Å². The fourth-order valence-electron chi connectivity index (χ4n) is 3.42. The first-order chi connectivity index (χ1) is 12.9. The van der Waals surface area contributed by atoms with Gasteiger partial charge in [-0.25, -0.2) is 0 Å². The van der Waals surface area contributed by atoms with Gasteiger partial charge in [0.25, 0.3) is 0 Å². The van der Waals surface area contributed by atoms with Crippen molar-refractivity contribution in [1.82, 2.24) is 4.90 Å². The number of carbonyl (C=O) groups excluding carboxylic acids is 1. The molecule has 2 aromatic rings. The van der Waals surface area contributed by atoms with Crippen LogP contribution >= 0.6 is 0 Å². The molecule has 0 spiro atoms. The number of aryl methyl sites for hydroxylation is 2. The summed E-state index contributed by atoms with van der Waals surface area (Å²) < 4.78 is 0. The van der Waals surface area contributed by atoms with Crippen LogP contribution in [0.1, 0.15) is 49.1 Å². The Morgan fingerprint density at radius 2 is 1.70 bits per heavy atom. The van der Waals surface area contributed by atoms with Crippen molar-refractivity contribution >= 4 is 5.91 Å². The molecule has 0 aliphatic heterocycles. The minimum Gasteiger partial charge on any atom is -0.386 e. The molecular formula is C23H32N2O2. The SMILES string of the molecule is CCc1ccc(C[C@@H](N)C(=O)N(C)[C@@H](C)[C@H](O)c2ccccc2)cc1CC. The summed E-state index contributed by atoms with van der Waals surface area (Å²) in [6.45, 7) is 6.13. The average molecular weight is 369 g/mol. The number of hydrogen-bond acceptors (Lipinski definition) is 3. The number of rotatable bonds is 8. The number of hydrogen-bond donors (Lipinski definition) is 2. The van der Waals surface area contributed by atoms with Crippen molar-refractivity contribution < 1.29 is 9.90 Å². The lowest BCUT2D eigenvalue weighted by Gasteiger charge is -2.31. The van der Waals surface area contributed by atoms with Gasteiger partial charge in [-0.15, -0.1) is 0 Å². The maximum atomic E-state index is 12.8. The first-order valence-electron chi connectivity index (χ1n) is 9.74. The lowest BCUT2D eigenvalue weighted by atomic mass is 9.96. The zero-order valence-corrected chi connectivity index (χ0v) is 16.9. The number of nitrogens with zero attached hydrogens (tertiary/aromatic N) is 1. The maximum absolute atomic E-state index is 12.8. The molecule has 2 rings (SSSR count). The minimum atomic E-state index is -0.747. The van der Waals surface area contributed by atoms with Gasteiger partial charge in [-0.2, -0.15) is 0 Å². The Hall–Kier alpha value is -2.17. The van der Waals surface area contributed by atoms with Crippen molar-refractivity contribution in [3.8, 4) is 0 Å². The van der Waals surface area contributed by atoms with Gasteiger partial charge < -0.3 is 15.7 Å². The van der Waals surface area contributed by atoms with Gasteiger partial charge in [-0.1, -0.05) is 62.4 Å². The van der Waals surface area contributed by atoms with Crippen molar-refractivity contribution in [3.63, 3.8) is 0 Å². The Labute approximate surface area is 163 Å². The molecule has 0 saturated carbocycles. The third-order valence-electron chi connectivity index (χ3n) is 5.36. The van der Waals surface area contributed by atoms with E-state index in [0.717, 1.165) is 24.0 Å². The number of aliphatic hydroxyl groups is 1. The van der Waals surface area contributed by atoms with Gasteiger partial charge in [-0.3, -0.25) is 4.79 Å². The Kier molecular flexibility index (Phi) is 7.57. The fraction of sp³-hybridized carbons (Fsp3) is 0.435. The lowest BCUT2D eigenvalue weighted by Crippen LogP contribution is -2.48. The van der Waals surface area contributed by atoms with Crippen molar-refractivity contribution in [2.75, 3.05) is 7.05 Å². The second kappa shape index (κ2) is 9.67. The largest absolute Gasteiger partial charge is 0.386 e. The molecule has 0 aliphatic rings. The Morgan fingerprint density at radius 1 is 1.07 bits per heavy atom. The van der Waals surface area contributed by atoms with E-state index in [9.17, 15) is 9.90 Å². The minimum absolute atomic E-state index is 0.157. The highest BCUT2D eigenvalue weighted by Gasteiger charge is 2.27. The van der Waals surface area contributed by atoms with Gasteiger partial charge in [-0.05, 0) is 48.4 Å². The molecule has 4 nitrogen and oxygen atoms in total. The van der Waals surface area contributed by atoms with E-state index < -0.39 is 12.1 Å². The summed E-state index contributed by atoms with van der Waals surface area (Å²) in [6, 6.07) is 14.8. The molecule has 146 valence electrons. The zero-order chi connectivity index (χ0) is 20.0. The highest BCUT2D eigenvalue weighted by molar-refractivity contribution is 5.82. The van der Waals surface area contributed by atoms with Crippen LogP contribution in [-0.4, -0.2) is 35.0 Å². The van der Waals surface area contributed by atoms with Crippen LogP contribution in [-0.2, 0) is 24.1 Å². The molecule has 3 N–H and O–H groups in total. The fourth-order valence-corrected chi connectivity index (χ4v) is 3.42. The average Bonchev–Trinajstić information content (AvgIpc) is 2.71. The maximum Gasteiger partial charge on any atom is 0.239 e. The van der Waals surface area contributed by atoms with E-state index in [0.29, 0.717) is 6.42 Å². The third kappa shape index (κ3) is 5.18. The number of carbonyl (C=O) groups is 1. The number of aliphatic hydroxyl groups excluding tert-OH is 1. The highest BCUT2D eigenvalue weighted by Crippen LogP contribution is 2.21. The standard InChI is InChI=1S/C23H32N2O2/c1-5-18-13-12-17(14-19(18)6-2)15-21(24)23(27)25(4)16(3)22(26)20-10-8-7-9-11-20/h7-14,16,21-22,26H,5-6,15,24H2,1-4H3/t16-,21+,22-/m0/s1. The topological polar surface area (TPSA) is 66.6 Å². The summed E-state index contributed by atoms with van der Waals surface area (Å²) in [5, 5.41) is 10.6. The number of nitrogens with two attached hydrogens (primary N) is 1. The summed E-state index contributed by atoms with van der Waals surface area (Å²) >= 11 is 0. The number of likely N-dealkylation sites (N-methyl/N-ethyl adjacent to an activating group) is 1. The third-order valence-corrected chi connectivity index (χ3v) is 5.36. The van der Waals surface area contributed by atoms with Crippen LogP contribution < -0.4 is 5.73 Å². The molecule has 1 amide bonds. The molecule has 3 atom stereocenters. The molecule has 27 heavy (non-hydrogen) atoms. The molecule has 0 fully saturated rings. The highest BCUT2D eigenvalue weighted by atomic mass is 16.3. The van der Waals surface area contributed by atoms with E-state index in [2.05, 4.69) is 32.0 Å². The summed E-state index contributed by atoms with van der Waals surface area (Å²) in [4.78, 5) is 14.4. The van der Waals surface area contributed by atoms with Gasteiger partial charge in [0.05, 0.1) is 18.2 Å². The zero-order valence-electron chi connectivity index (χ0n) is 16.9. The van der Waals surface area contributed by atoms with Crippen LogP contribution in [0.4, 0.5) is 0 Å². The van der Waals surface area contributed by atoms with E-state index >= 15 is 0 Å². The monoisotopic (exact) mass is 368 g/mol. The van der Waals surface area contributed by atoms with Gasteiger partial charge in [0.2, 0.25) is 5.91 Å². The quantitative estimate of drug-likeness (QED) is 0.751. The Balaban J connectivity index is 2.05. The first-order valence-corrected chi connectivity index (χ1v) is 9.74. The van der Waals surface area contributed by atoms with Gasteiger partial charge in [0.15, 0.2) is 0 Å². The van der Waals surface area contributed by atoms with E-state index in [1.165, 1.54) is 11.1 Å². The van der Waals surface area contributed by atoms with Crippen LogP contribution in [0.15, 0.2) is 48.5 Å². The smallest absolute Gasteiger partial charge is 0.239 e. The lowest BCUT2D eigenvalue weighted by molar-refractivity contribution is -0.135. The van der Waals surface area contributed by atoms with Crippen molar-refractivity contribution in [2.24, 2.45) is 5.73 Å². The molecule has 0 aliphatic carbocycles. The predicted molar refractivity (Wildman–Crippen MR) is 111 cm³/mol. The molecule has 0 bridgehead atoms. The van der Waals surface area contributed by atoms with E-state index in [1.54, 1.807) is 11.9 Å². The van der Waals surface area contributed by atoms with E-state index in [1.807, 2.05) is 37.3 Å².